The lowest BCUT2D eigenvalue weighted by molar-refractivity contribution is -0.161. The number of allylic oxidation sites excluding steroid dienone is 1. The number of imide groups is 1. The van der Waals surface area contributed by atoms with Crippen LogP contribution in [-0.2, 0) is 137 Å². The molecule has 0 aromatic heterocycles. The molecule has 1 saturated heterocycles. The Morgan fingerprint density at radius 3 is 1.70 bits per heavy atom. The van der Waals surface area contributed by atoms with Crippen molar-refractivity contribution in [1.82, 2.24) is 36.0 Å². The topological polar surface area (TPSA) is 420 Å². The molecule has 0 spiro atoms. The van der Waals surface area contributed by atoms with Crippen LogP contribution in [0.25, 0.3) is 0 Å². The van der Waals surface area contributed by atoms with Gasteiger partial charge in [0.15, 0.2) is 6.10 Å². The van der Waals surface area contributed by atoms with Gasteiger partial charge in [-0.3, -0.25) is 67.8 Å². The molecule has 2 aliphatic rings. The summed E-state index contributed by atoms with van der Waals surface area (Å²) in [6.07, 6.45) is 1.53. The summed E-state index contributed by atoms with van der Waals surface area (Å²) in [5.74, 6) is -9.87. The first-order chi connectivity index (χ1) is 59.7. The molecule has 2 heterocycles. The number of hydrogen-bond donors (Lipinski definition) is 5. The maximum atomic E-state index is 14.4. The summed E-state index contributed by atoms with van der Waals surface area (Å²) in [6, 6.07) is 10.4. The number of carbonyl (C=O) groups is 14. The average molecular weight is 1760 g/mol. The van der Waals surface area contributed by atoms with Crippen LogP contribution in [0.15, 0.2) is 77.9 Å². The third-order valence-corrected chi connectivity index (χ3v) is 21.2. The first-order valence-corrected chi connectivity index (χ1v) is 43.8. The molecule has 0 saturated carbocycles. The molecular weight excluding hydrogens is 1620 g/mol. The van der Waals surface area contributed by atoms with E-state index < -0.39 is 132 Å². The number of unbranched alkanes of at least 4 members (excludes halogenated alkanes) is 1. The number of nitrogens with zero attached hydrogens (tertiary/aromatic N) is 3. The molecule has 4 rings (SSSR count). The Hall–Kier alpha value is -9.26. The van der Waals surface area contributed by atoms with E-state index in [9.17, 15) is 67.1 Å². The summed E-state index contributed by atoms with van der Waals surface area (Å²) < 4.78 is 68.0. The maximum absolute atomic E-state index is 14.4. The zero-order chi connectivity index (χ0) is 92.3. The van der Waals surface area contributed by atoms with E-state index >= 15 is 0 Å². The van der Waals surface area contributed by atoms with Gasteiger partial charge in [0.1, 0.15) is 48.8 Å². The van der Waals surface area contributed by atoms with Gasteiger partial charge < -0.3 is 87.9 Å². The minimum absolute atomic E-state index is 0.00681. The zero-order valence-corrected chi connectivity index (χ0v) is 76.1. The maximum Gasteiger partial charge on any atom is 0.334 e. The van der Waals surface area contributed by atoms with E-state index in [2.05, 4.69) is 26.6 Å². The Kier molecular flexibility index (Phi) is 52.2. The van der Waals surface area contributed by atoms with Gasteiger partial charge in [0.05, 0.1) is 118 Å². The smallest absolute Gasteiger partial charge is 0.334 e. The molecular formula is C91H140N8O26. The van der Waals surface area contributed by atoms with Crippen LogP contribution in [0.2, 0.25) is 0 Å². The molecule has 34 nitrogen and oxygen atoms in total. The van der Waals surface area contributed by atoms with Crippen LogP contribution in [0.3, 0.4) is 0 Å². The van der Waals surface area contributed by atoms with E-state index in [-0.39, 0.29) is 145 Å². The molecule has 0 aliphatic carbocycles. The number of esters is 4. The van der Waals surface area contributed by atoms with Crippen molar-refractivity contribution in [2.45, 2.75) is 229 Å². The lowest BCUT2D eigenvalue weighted by Gasteiger charge is -2.33. The Bertz CT molecular complexity index is 3770. The van der Waals surface area contributed by atoms with Gasteiger partial charge in [0.25, 0.3) is 5.91 Å². The fraction of sp³-hybridized carbons (Fsp3) is 0.670. The van der Waals surface area contributed by atoms with E-state index in [1.54, 1.807) is 95.3 Å². The number of hydrogen-bond acceptors (Lipinski definition) is 28. The molecule has 7 amide bonds. The van der Waals surface area contributed by atoms with Crippen molar-refractivity contribution >= 4 is 88.3 Å². The fourth-order valence-electron chi connectivity index (χ4n) is 13.2. The number of rotatable bonds is 53. The van der Waals surface area contributed by atoms with Gasteiger partial charge in [-0.25, -0.2) is 9.59 Å². The molecule has 34 heteroatoms. The Balaban J connectivity index is 1.17. The van der Waals surface area contributed by atoms with Crippen LogP contribution in [0, 0.1) is 29.6 Å². The summed E-state index contributed by atoms with van der Waals surface area (Å²) >= 11 is 0. The SMILES string of the molecule is C/C=C(\C)[C@H]1OC(=O)[C@@H](C)NC(=O)[C@H]([C@H](C)CC)NC(=O)CN(C)C(=O)[C@@H](Cc2ccccc2)N(C)C(=O)[C@H](C)NC(=O)[C@@H](CC(C)C)OC(=O)/C(C)=C/C[C@H](OC(=O)CCCCC(=O)OCc2ccc(NCN[C@H](C(=O)C(=O)CCOCCOCCOCCOCCOCCOCCOCCOCCCC(=O)CCN3C(=O)CC(C)C3=O)C(C)C)cc2)[C@@H]1C. The molecule has 5 N–H and O–H groups in total. The molecule has 125 heavy (non-hydrogen) atoms. The Morgan fingerprint density at radius 2 is 1.16 bits per heavy atom. The molecule has 1 fully saturated rings. The number of Topliss-reactive ketones (excluding diaryl/α,β-unsaturated/α-hetero) is 3. The van der Waals surface area contributed by atoms with Crippen LogP contribution < -0.4 is 26.6 Å². The number of ketones is 3. The van der Waals surface area contributed by atoms with E-state index in [1.807, 2.05) is 34.6 Å². The van der Waals surface area contributed by atoms with Gasteiger partial charge in [0, 0.05) is 102 Å². The number of cyclic esters (lactones) is 2. The summed E-state index contributed by atoms with van der Waals surface area (Å²) in [7, 11) is 2.81. The summed E-state index contributed by atoms with van der Waals surface area (Å²) in [4.78, 5) is 192. The van der Waals surface area contributed by atoms with Crippen LogP contribution in [0.1, 0.15) is 178 Å². The highest BCUT2D eigenvalue weighted by Gasteiger charge is 2.40. The van der Waals surface area contributed by atoms with Crippen LogP contribution in [0.5, 0.6) is 0 Å². The molecule has 0 radical (unpaired) electrons. The number of amides is 7. The fourth-order valence-corrected chi connectivity index (χ4v) is 13.2. The van der Waals surface area contributed by atoms with E-state index in [4.69, 9.17) is 56.8 Å². The number of carbonyl (C=O) groups excluding carboxylic acids is 14. The van der Waals surface area contributed by atoms with Gasteiger partial charge in [-0.05, 0) is 107 Å². The number of likely N-dealkylation sites (tertiary alicyclic amines) is 1. The highest BCUT2D eigenvalue weighted by molar-refractivity contribution is 6.39. The third kappa shape index (κ3) is 41.8. The second-order valence-corrected chi connectivity index (χ2v) is 32.3. The Morgan fingerprint density at radius 1 is 0.608 bits per heavy atom. The van der Waals surface area contributed by atoms with Crippen molar-refractivity contribution < 1.29 is 124 Å². The van der Waals surface area contributed by atoms with Crippen LogP contribution in [-0.4, -0.2) is 285 Å². The minimum Gasteiger partial charge on any atom is -0.462 e. The third-order valence-electron chi connectivity index (χ3n) is 21.2. The van der Waals surface area contributed by atoms with E-state index in [0.717, 1.165) is 4.90 Å². The van der Waals surface area contributed by atoms with Crippen LogP contribution in [0.4, 0.5) is 5.69 Å². The molecule has 11 atom stereocenters. The first kappa shape index (κ1) is 108. The zero-order valence-electron chi connectivity index (χ0n) is 76.1. The highest BCUT2D eigenvalue weighted by Crippen LogP contribution is 2.28. The highest BCUT2D eigenvalue weighted by atomic mass is 16.6. The largest absolute Gasteiger partial charge is 0.462 e. The van der Waals surface area contributed by atoms with Crippen molar-refractivity contribution in [2.75, 3.05) is 145 Å². The summed E-state index contributed by atoms with van der Waals surface area (Å²) in [5.41, 5.74) is 2.67. The van der Waals surface area contributed by atoms with Crippen molar-refractivity contribution in [2.24, 2.45) is 29.6 Å². The number of anilines is 1. The van der Waals surface area contributed by atoms with E-state index in [0.29, 0.717) is 128 Å². The summed E-state index contributed by atoms with van der Waals surface area (Å²) in [6.45, 7) is 27.4. The van der Waals surface area contributed by atoms with Gasteiger partial charge in [0.2, 0.25) is 47.0 Å². The van der Waals surface area contributed by atoms with Crippen molar-refractivity contribution in [3.8, 4) is 0 Å². The van der Waals surface area contributed by atoms with E-state index in [1.165, 1.54) is 50.7 Å². The van der Waals surface area contributed by atoms with Crippen molar-refractivity contribution in [3.05, 3.63) is 89.0 Å². The molecule has 2 aliphatic heterocycles. The number of likely N-dealkylation sites (N-methyl/N-ethyl adjacent to an activating group) is 2. The average Bonchev–Trinajstić information content (AvgIpc) is 1.83. The second-order valence-electron chi connectivity index (χ2n) is 32.3. The predicted octanol–water partition coefficient (Wildman–Crippen LogP) is 6.87. The van der Waals surface area contributed by atoms with Crippen molar-refractivity contribution in [1.29, 1.82) is 0 Å². The molecule has 2 aromatic rings. The quantitative estimate of drug-likeness (QED) is 0.00857. The number of ether oxygens (including phenoxy) is 12. The lowest BCUT2D eigenvalue weighted by atomic mass is 9.90. The standard InChI is InChI=1S/C91H140N8O26/c1-16-62(7)82-86(108)95-68(13)91(113)125-84(63(8)17-2)66(11)75(34-29-64(9)90(112)124-76(54-60(3)4)85(107)94-67(12)88(110)98(15)73(56-69-24-19-18-20-25-69)89(111)97(14)57-77(102)96-82)123-80(105)28-22-21-27-79(104)122-58-70-30-32-71(33-31-70)92-59-93-81(61(5)6)83(106)74(101)36-39-115-41-43-117-45-47-119-49-51-121-53-52-120-50-48-118-46-44-116-42-40-114-38-23-26-72(100)35-37-99-78(103)55-65(10)87(99)109/h17-20,24-25,29-33,60-62,65-68,73,75-76,81-82,84,92-93H,16,21-23,26-28,34-59H2,1-15H3,(H,94,107)(H,95,108)(H,96,102)/b63-17+,64-29+/t62-,65?,66+,67+,68-,73-,75+,76-,81+,82+,84-/m1/s1. The number of benzene rings is 2. The minimum atomic E-state index is -1.38. The van der Waals surface area contributed by atoms with Crippen LogP contribution >= 0.6 is 0 Å². The normalized spacial score (nSPS) is 21.2. The molecule has 1 unspecified atom stereocenters. The van der Waals surface area contributed by atoms with Gasteiger partial charge in [-0.15, -0.1) is 0 Å². The molecule has 0 bridgehead atoms. The summed E-state index contributed by atoms with van der Waals surface area (Å²) in [5, 5.41) is 14.4. The molecule has 700 valence electrons. The van der Waals surface area contributed by atoms with Gasteiger partial charge in [-0.2, -0.15) is 0 Å². The first-order valence-electron chi connectivity index (χ1n) is 43.8. The van der Waals surface area contributed by atoms with Gasteiger partial charge in [-0.1, -0.05) is 116 Å². The second kappa shape index (κ2) is 60.4. The molecule has 2 aromatic carbocycles. The monoisotopic (exact) mass is 1760 g/mol. The lowest BCUT2D eigenvalue weighted by Crippen LogP contribution is -2.57. The van der Waals surface area contributed by atoms with Gasteiger partial charge >= 0.3 is 23.9 Å². The Labute approximate surface area is 737 Å². The predicted molar refractivity (Wildman–Crippen MR) is 462 cm³/mol. The van der Waals surface area contributed by atoms with Crippen molar-refractivity contribution in [3.63, 3.8) is 0 Å². The number of nitrogens with one attached hydrogen (secondary N) is 5.